The van der Waals surface area contributed by atoms with Crippen LogP contribution >= 0.6 is 11.3 Å². The van der Waals surface area contributed by atoms with Crippen LogP contribution in [0.15, 0.2) is 18.2 Å². The fraction of sp³-hybridized carbons (Fsp3) is 0.286. The predicted molar refractivity (Wildman–Crippen MR) is 81.0 cm³/mol. The van der Waals surface area contributed by atoms with E-state index in [9.17, 15) is 4.79 Å². The number of carbonyl (C=O) groups is 1. The molecular weight excluding hydrogens is 292 g/mol. The van der Waals surface area contributed by atoms with Crippen molar-refractivity contribution in [3.05, 3.63) is 28.8 Å². The summed E-state index contributed by atoms with van der Waals surface area (Å²) < 4.78 is 15.2. The smallest absolute Gasteiger partial charge is 0.350 e. The van der Waals surface area contributed by atoms with E-state index in [1.165, 1.54) is 18.4 Å². The molecule has 0 bridgehead atoms. The minimum absolute atomic E-state index is 0.389. The van der Waals surface area contributed by atoms with Crippen molar-refractivity contribution < 1.29 is 19.0 Å². The molecule has 0 aliphatic rings. The van der Waals surface area contributed by atoms with Crippen LogP contribution < -0.4 is 14.8 Å². The molecule has 0 spiro atoms. The summed E-state index contributed by atoms with van der Waals surface area (Å²) in [6.07, 6.45) is 0. The van der Waals surface area contributed by atoms with Crippen LogP contribution in [0.4, 0.5) is 10.8 Å². The number of rotatable bonds is 5. The van der Waals surface area contributed by atoms with Crippen LogP contribution in [-0.2, 0) is 4.74 Å². The van der Waals surface area contributed by atoms with E-state index in [1.54, 1.807) is 27.2 Å². The van der Waals surface area contributed by atoms with Crippen LogP contribution in [0.3, 0.4) is 0 Å². The average molecular weight is 308 g/mol. The van der Waals surface area contributed by atoms with Crippen LogP contribution in [-0.4, -0.2) is 32.3 Å². The second-order valence-electron chi connectivity index (χ2n) is 4.12. The van der Waals surface area contributed by atoms with Crippen molar-refractivity contribution in [2.75, 3.05) is 26.6 Å². The normalized spacial score (nSPS) is 10.1. The Morgan fingerprint density at radius 3 is 2.62 bits per heavy atom. The Labute approximate surface area is 126 Å². The maximum atomic E-state index is 11.6. The van der Waals surface area contributed by atoms with Gasteiger partial charge in [-0.05, 0) is 19.1 Å². The molecule has 0 amide bonds. The van der Waals surface area contributed by atoms with E-state index in [4.69, 9.17) is 14.2 Å². The number of anilines is 2. The summed E-state index contributed by atoms with van der Waals surface area (Å²) in [6, 6.07) is 5.41. The number of hydrogen-bond donors (Lipinski definition) is 1. The van der Waals surface area contributed by atoms with E-state index in [0.717, 1.165) is 5.69 Å². The number of hydrogen-bond acceptors (Lipinski definition) is 7. The lowest BCUT2D eigenvalue weighted by molar-refractivity contribution is 0.0605. The van der Waals surface area contributed by atoms with Gasteiger partial charge in [-0.15, -0.1) is 0 Å². The molecule has 0 saturated carbocycles. The number of ether oxygens (including phenoxy) is 3. The highest BCUT2D eigenvalue weighted by Gasteiger charge is 2.16. The number of aryl methyl sites for hydroxylation is 1. The van der Waals surface area contributed by atoms with Gasteiger partial charge in [0.05, 0.1) is 32.7 Å². The van der Waals surface area contributed by atoms with Gasteiger partial charge in [0.25, 0.3) is 0 Å². The fourth-order valence-electron chi connectivity index (χ4n) is 1.75. The Balaban J connectivity index is 2.28. The summed E-state index contributed by atoms with van der Waals surface area (Å²) in [6.45, 7) is 1.76. The maximum absolute atomic E-state index is 11.6. The summed E-state index contributed by atoms with van der Waals surface area (Å²) in [5.74, 6) is 0.935. The predicted octanol–water partition coefficient (Wildman–Crippen LogP) is 3.00. The molecule has 0 fully saturated rings. The summed E-state index contributed by atoms with van der Waals surface area (Å²) in [4.78, 5) is 16.4. The molecule has 0 aliphatic heterocycles. The fourth-order valence-corrected chi connectivity index (χ4v) is 2.65. The molecular formula is C14H16N2O4S. The number of carbonyl (C=O) groups excluding carboxylic acids is 1. The standard InChI is InChI=1S/C14H16N2O4S/c1-8-12(13(17)20-4)21-14(15-8)16-10-6-5-9(18-2)7-11(10)19-3/h5-7H,1-4H3,(H,15,16). The van der Waals surface area contributed by atoms with Crippen LogP contribution in [0.1, 0.15) is 15.4 Å². The lowest BCUT2D eigenvalue weighted by Gasteiger charge is -2.10. The summed E-state index contributed by atoms with van der Waals surface area (Å²) in [5, 5.41) is 3.73. The summed E-state index contributed by atoms with van der Waals surface area (Å²) in [5.41, 5.74) is 1.37. The van der Waals surface area contributed by atoms with Crippen molar-refractivity contribution in [2.24, 2.45) is 0 Å². The lowest BCUT2D eigenvalue weighted by atomic mass is 10.3. The Kier molecular flexibility index (Phi) is 4.64. The molecule has 0 atom stereocenters. The molecule has 2 rings (SSSR count). The van der Waals surface area contributed by atoms with E-state index in [1.807, 2.05) is 12.1 Å². The van der Waals surface area contributed by atoms with Crippen molar-refractivity contribution in [1.82, 2.24) is 4.98 Å². The first-order chi connectivity index (χ1) is 10.1. The van der Waals surface area contributed by atoms with Crippen LogP contribution in [0.25, 0.3) is 0 Å². The second-order valence-corrected chi connectivity index (χ2v) is 5.12. The van der Waals surface area contributed by atoms with Crippen LogP contribution in [0.5, 0.6) is 11.5 Å². The number of esters is 1. The second kappa shape index (κ2) is 6.45. The molecule has 1 aromatic heterocycles. The maximum Gasteiger partial charge on any atom is 0.350 e. The Bertz CT molecular complexity index is 654. The molecule has 1 N–H and O–H groups in total. The average Bonchev–Trinajstić information content (AvgIpc) is 2.87. The number of methoxy groups -OCH3 is 3. The lowest BCUT2D eigenvalue weighted by Crippen LogP contribution is -1.99. The van der Waals surface area contributed by atoms with Crippen molar-refractivity contribution in [3.63, 3.8) is 0 Å². The topological polar surface area (TPSA) is 69.7 Å². The Morgan fingerprint density at radius 1 is 1.24 bits per heavy atom. The zero-order valence-electron chi connectivity index (χ0n) is 12.2. The first kappa shape index (κ1) is 15.1. The van der Waals surface area contributed by atoms with E-state index in [0.29, 0.717) is 27.2 Å². The van der Waals surface area contributed by atoms with Gasteiger partial charge in [0, 0.05) is 6.07 Å². The van der Waals surface area contributed by atoms with Gasteiger partial charge in [-0.3, -0.25) is 0 Å². The molecule has 0 saturated heterocycles. The van der Waals surface area contributed by atoms with Crippen LogP contribution in [0, 0.1) is 6.92 Å². The minimum Gasteiger partial charge on any atom is -0.497 e. The molecule has 0 aliphatic carbocycles. The SMILES string of the molecule is COC(=O)c1sc(Nc2ccc(OC)cc2OC)nc1C. The quantitative estimate of drug-likeness (QED) is 0.856. The van der Waals surface area contributed by atoms with E-state index in [2.05, 4.69) is 10.3 Å². The number of nitrogens with one attached hydrogen (secondary N) is 1. The first-order valence-corrected chi connectivity index (χ1v) is 6.95. The molecule has 0 radical (unpaired) electrons. The molecule has 6 nitrogen and oxygen atoms in total. The Hall–Kier alpha value is -2.28. The van der Waals surface area contributed by atoms with E-state index >= 15 is 0 Å². The number of thiazole rings is 1. The minimum atomic E-state index is -0.389. The third kappa shape index (κ3) is 3.25. The Morgan fingerprint density at radius 2 is 2.00 bits per heavy atom. The van der Waals surface area contributed by atoms with Gasteiger partial charge >= 0.3 is 5.97 Å². The number of benzene rings is 1. The highest BCUT2D eigenvalue weighted by molar-refractivity contribution is 7.17. The van der Waals surface area contributed by atoms with Gasteiger partial charge in [-0.1, -0.05) is 11.3 Å². The monoisotopic (exact) mass is 308 g/mol. The van der Waals surface area contributed by atoms with Gasteiger partial charge in [0.2, 0.25) is 0 Å². The molecule has 1 heterocycles. The zero-order valence-corrected chi connectivity index (χ0v) is 13.0. The van der Waals surface area contributed by atoms with Gasteiger partial charge in [-0.2, -0.15) is 0 Å². The molecule has 0 unspecified atom stereocenters. The van der Waals surface area contributed by atoms with Gasteiger partial charge in [-0.25, -0.2) is 9.78 Å². The number of nitrogens with zero attached hydrogens (tertiary/aromatic N) is 1. The third-order valence-corrected chi connectivity index (χ3v) is 3.87. The first-order valence-electron chi connectivity index (χ1n) is 6.13. The molecule has 21 heavy (non-hydrogen) atoms. The highest BCUT2D eigenvalue weighted by Crippen LogP contribution is 2.33. The van der Waals surface area contributed by atoms with Crippen molar-refractivity contribution in [3.8, 4) is 11.5 Å². The largest absolute Gasteiger partial charge is 0.497 e. The van der Waals surface area contributed by atoms with Crippen molar-refractivity contribution in [2.45, 2.75) is 6.92 Å². The van der Waals surface area contributed by atoms with Gasteiger partial charge < -0.3 is 19.5 Å². The van der Waals surface area contributed by atoms with Crippen molar-refractivity contribution in [1.29, 1.82) is 0 Å². The van der Waals surface area contributed by atoms with Crippen LogP contribution in [0.2, 0.25) is 0 Å². The van der Waals surface area contributed by atoms with E-state index in [-0.39, 0.29) is 5.97 Å². The highest BCUT2D eigenvalue weighted by atomic mass is 32.1. The zero-order chi connectivity index (χ0) is 15.4. The van der Waals surface area contributed by atoms with Crippen molar-refractivity contribution >= 4 is 28.1 Å². The molecule has 1 aromatic carbocycles. The third-order valence-electron chi connectivity index (χ3n) is 2.82. The molecule has 112 valence electrons. The van der Waals surface area contributed by atoms with E-state index < -0.39 is 0 Å². The number of aromatic nitrogens is 1. The summed E-state index contributed by atoms with van der Waals surface area (Å²) >= 11 is 1.23. The molecule has 7 heteroatoms. The van der Waals surface area contributed by atoms with Gasteiger partial charge in [0.1, 0.15) is 16.4 Å². The molecule has 2 aromatic rings. The van der Waals surface area contributed by atoms with Gasteiger partial charge in [0.15, 0.2) is 5.13 Å². The summed E-state index contributed by atoms with van der Waals surface area (Å²) in [7, 11) is 4.52.